The first-order valence-corrected chi connectivity index (χ1v) is 6.12. The maximum Gasteiger partial charge on any atom is 0.256 e. The third-order valence-corrected chi connectivity index (χ3v) is 3.11. The Balaban J connectivity index is 2.04. The van der Waals surface area contributed by atoms with Crippen molar-refractivity contribution in [3.05, 3.63) is 47.3 Å². The van der Waals surface area contributed by atoms with E-state index in [4.69, 9.17) is 15.6 Å². The minimum absolute atomic E-state index is 0.0869. The number of aromatic nitrogens is 1. The van der Waals surface area contributed by atoms with Crippen LogP contribution in [0.2, 0.25) is 0 Å². The maximum absolute atomic E-state index is 7.37. The van der Waals surface area contributed by atoms with E-state index in [0.717, 1.165) is 22.6 Å². The monoisotopic (exact) mass is 247 g/mol. The van der Waals surface area contributed by atoms with Gasteiger partial charge in [0.05, 0.1) is 5.69 Å². The molecule has 1 aromatic heterocycles. The zero-order chi connectivity index (χ0) is 12.3. The molecule has 0 unspecified atom stereocenters. The number of nitrogens with one attached hydrogen (secondary N) is 1. The molecular weight excluding hydrogens is 234 g/mol. The Labute approximate surface area is 104 Å². The number of oxazole rings is 1. The molecule has 2 aromatic rings. The third-order valence-electron chi connectivity index (χ3n) is 2.20. The van der Waals surface area contributed by atoms with Crippen molar-refractivity contribution < 1.29 is 4.42 Å². The van der Waals surface area contributed by atoms with Gasteiger partial charge >= 0.3 is 0 Å². The Morgan fingerprint density at radius 2 is 2.35 bits per heavy atom. The van der Waals surface area contributed by atoms with E-state index in [1.54, 1.807) is 6.26 Å². The van der Waals surface area contributed by atoms with Crippen LogP contribution in [0.1, 0.15) is 16.8 Å². The van der Waals surface area contributed by atoms with E-state index >= 15 is 0 Å². The summed E-state index contributed by atoms with van der Waals surface area (Å²) in [5.74, 6) is 0.838. The van der Waals surface area contributed by atoms with E-state index in [2.05, 4.69) is 4.98 Å². The lowest BCUT2D eigenvalue weighted by Crippen LogP contribution is -2.10. The normalized spacial score (nSPS) is 10.4. The average molecular weight is 247 g/mol. The first-order chi connectivity index (χ1) is 8.15. The molecule has 0 atom stereocenters. The second kappa shape index (κ2) is 5.05. The van der Waals surface area contributed by atoms with Gasteiger partial charge in [-0.25, -0.2) is 4.98 Å². The van der Waals surface area contributed by atoms with Crippen LogP contribution >= 0.6 is 11.8 Å². The summed E-state index contributed by atoms with van der Waals surface area (Å²) in [6.07, 6.45) is 1.63. The topological polar surface area (TPSA) is 75.9 Å². The van der Waals surface area contributed by atoms with Gasteiger partial charge < -0.3 is 10.2 Å². The van der Waals surface area contributed by atoms with Crippen molar-refractivity contribution in [1.82, 2.24) is 4.98 Å². The first-order valence-electron chi connectivity index (χ1n) is 5.13. The lowest BCUT2D eigenvalue weighted by atomic mass is 10.1. The van der Waals surface area contributed by atoms with E-state index < -0.39 is 0 Å². The van der Waals surface area contributed by atoms with E-state index in [1.165, 1.54) is 11.8 Å². The molecule has 0 saturated carbocycles. The zero-order valence-electron chi connectivity index (χ0n) is 9.43. The Bertz CT molecular complexity index is 536. The molecule has 0 spiro atoms. The van der Waals surface area contributed by atoms with Crippen molar-refractivity contribution in [2.75, 3.05) is 0 Å². The van der Waals surface area contributed by atoms with Gasteiger partial charge in [-0.05, 0) is 18.6 Å². The molecule has 4 nitrogen and oxygen atoms in total. The minimum Gasteiger partial charge on any atom is -0.440 e. The fraction of sp³-hybridized carbons (Fsp3) is 0.167. The molecule has 17 heavy (non-hydrogen) atoms. The van der Waals surface area contributed by atoms with Crippen LogP contribution in [0.3, 0.4) is 0 Å². The number of hydrogen-bond donors (Lipinski definition) is 2. The Morgan fingerprint density at radius 1 is 1.53 bits per heavy atom. The zero-order valence-corrected chi connectivity index (χ0v) is 10.3. The highest BCUT2D eigenvalue weighted by Gasteiger charge is 2.03. The highest BCUT2D eigenvalue weighted by molar-refractivity contribution is 7.98. The smallest absolute Gasteiger partial charge is 0.256 e. The van der Waals surface area contributed by atoms with Crippen molar-refractivity contribution in [2.45, 2.75) is 17.9 Å². The van der Waals surface area contributed by atoms with Gasteiger partial charge in [0.25, 0.3) is 5.22 Å². The molecule has 0 saturated heterocycles. The van der Waals surface area contributed by atoms with Crippen LogP contribution in [0.5, 0.6) is 0 Å². The van der Waals surface area contributed by atoms with Crippen LogP contribution in [0, 0.1) is 12.3 Å². The molecule has 3 N–H and O–H groups in total. The number of aryl methyl sites for hydroxylation is 1. The minimum atomic E-state index is 0.0869. The van der Waals surface area contributed by atoms with Crippen LogP contribution in [0.4, 0.5) is 0 Å². The molecule has 0 fully saturated rings. The van der Waals surface area contributed by atoms with E-state index in [9.17, 15) is 0 Å². The largest absolute Gasteiger partial charge is 0.440 e. The van der Waals surface area contributed by atoms with Crippen molar-refractivity contribution in [3.63, 3.8) is 0 Å². The number of amidine groups is 1. The first kappa shape index (κ1) is 11.7. The van der Waals surface area contributed by atoms with Gasteiger partial charge in [0.1, 0.15) is 12.1 Å². The summed E-state index contributed by atoms with van der Waals surface area (Å²) in [4.78, 5) is 4.21. The Hall–Kier alpha value is -1.75. The number of rotatable bonds is 4. The van der Waals surface area contributed by atoms with Gasteiger partial charge in [-0.3, -0.25) is 5.41 Å². The summed E-state index contributed by atoms with van der Waals surface area (Å²) in [5, 5.41) is 8.03. The second-order valence-electron chi connectivity index (χ2n) is 3.66. The van der Waals surface area contributed by atoms with Gasteiger partial charge in [-0.2, -0.15) is 0 Å². The van der Waals surface area contributed by atoms with E-state index in [0.29, 0.717) is 5.22 Å². The predicted molar refractivity (Wildman–Crippen MR) is 68.3 cm³/mol. The van der Waals surface area contributed by atoms with Crippen LogP contribution in [-0.2, 0) is 5.75 Å². The summed E-state index contributed by atoms with van der Waals surface area (Å²) in [5.41, 5.74) is 8.16. The summed E-state index contributed by atoms with van der Waals surface area (Å²) in [7, 11) is 0. The summed E-state index contributed by atoms with van der Waals surface area (Å²) < 4.78 is 5.25. The molecule has 0 bridgehead atoms. The fourth-order valence-electron chi connectivity index (χ4n) is 1.37. The number of benzene rings is 1. The molecule has 0 aliphatic carbocycles. The lowest BCUT2D eigenvalue weighted by Gasteiger charge is -2.02. The molecule has 0 radical (unpaired) electrons. The predicted octanol–water partition coefficient (Wildman–Crippen LogP) is 2.56. The lowest BCUT2D eigenvalue weighted by molar-refractivity contribution is 0.454. The van der Waals surface area contributed by atoms with Gasteiger partial charge in [0.2, 0.25) is 0 Å². The fourth-order valence-corrected chi connectivity index (χ4v) is 2.17. The maximum atomic E-state index is 7.37. The molecule has 1 heterocycles. The van der Waals surface area contributed by atoms with Crippen molar-refractivity contribution >= 4 is 17.6 Å². The Morgan fingerprint density at radius 3 is 3.00 bits per heavy atom. The number of nitrogen functional groups attached to an aromatic ring is 1. The molecule has 2 rings (SSSR count). The number of nitrogens with two attached hydrogens (primary N) is 1. The molecule has 88 valence electrons. The highest BCUT2D eigenvalue weighted by Crippen LogP contribution is 2.22. The van der Waals surface area contributed by atoms with Crippen molar-refractivity contribution in [1.29, 1.82) is 5.41 Å². The van der Waals surface area contributed by atoms with Gasteiger partial charge in [0, 0.05) is 11.3 Å². The van der Waals surface area contributed by atoms with Crippen LogP contribution < -0.4 is 5.73 Å². The summed E-state index contributed by atoms with van der Waals surface area (Å²) >= 11 is 1.53. The van der Waals surface area contributed by atoms with Crippen molar-refractivity contribution in [2.24, 2.45) is 5.73 Å². The standard InChI is InChI=1S/C12H13N3OS/c1-8-6-16-12(15-8)17-7-9-3-2-4-10(5-9)11(13)14/h2-6H,7H2,1H3,(H3,13,14). The Kier molecular flexibility index (Phi) is 3.49. The number of thioether (sulfide) groups is 1. The second-order valence-corrected chi connectivity index (χ2v) is 4.58. The number of nitrogens with zero attached hydrogens (tertiary/aromatic N) is 1. The third kappa shape index (κ3) is 3.10. The molecule has 1 aromatic carbocycles. The highest BCUT2D eigenvalue weighted by atomic mass is 32.2. The molecule has 0 amide bonds. The molecule has 5 heteroatoms. The van der Waals surface area contributed by atoms with E-state index in [-0.39, 0.29) is 5.84 Å². The molecule has 0 aliphatic heterocycles. The summed E-state index contributed by atoms with van der Waals surface area (Å²) in [6.45, 7) is 1.89. The molecular formula is C12H13N3OS. The van der Waals surface area contributed by atoms with E-state index in [1.807, 2.05) is 31.2 Å². The van der Waals surface area contributed by atoms with Crippen LogP contribution in [0.15, 0.2) is 40.2 Å². The summed E-state index contributed by atoms with van der Waals surface area (Å²) in [6, 6.07) is 7.62. The van der Waals surface area contributed by atoms with Crippen LogP contribution in [0.25, 0.3) is 0 Å². The average Bonchev–Trinajstić information content (AvgIpc) is 2.73. The molecule has 0 aliphatic rings. The van der Waals surface area contributed by atoms with Crippen LogP contribution in [-0.4, -0.2) is 10.8 Å². The quantitative estimate of drug-likeness (QED) is 0.494. The van der Waals surface area contributed by atoms with Crippen molar-refractivity contribution in [3.8, 4) is 0 Å². The van der Waals surface area contributed by atoms with Gasteiger partial charge in [0.15, 0.2) is 0 Å². The van der Waals surface area contributed by atoms with Gasteiger partial charge in [-0.1, -0.05) is 30.0 Å². The number of hydrogen-bond acceptors (Lipinski definition) is 4. The van der Waals surface area contributed by atoms with Gasteiger partial charge in [-0.15, -0.1) is 0 Å². The SMILES string of the molecule is Cc1coc(SCc2cccc(C(=N)N)c2)n1.